The number of aromatic nitrogens is 4. The van der Waals surface area contributed by atoms with E-state index in [9.17, 15) is 0 Å². The maximum absolute atomic E-state index is 8.98. The molecule has 0 saturated carbocycles. The zero-order chi connectivity index (χ0) is 27.8. The van der Waals surface area contributed by atoms with Crippen molar-refractivity contribution in [3.63, 3.8) is 0 Å². The number of aromatic hydroxyl groups is 1. The minimum Gasteiger partial charge on any atom is -1.00 e. The molecule has 6 aromatic rings. The second-order valence-electron chi connectivity index (χ2n) is 7.88. The topological polar surface area (TPSA) is 129 Å². The van der Waals surface area contributed by atoms with E-state index in [-0.39, 0.29) is 63.3 Å². The Morgan fingerprint density at radius 2 is 1.39 bits per heavy atom. The molecule has 0 aliphatic heterocycles. The number of thiophene rings is 2. The van der Waals surface area contributed by atoms with Gasteiger partial charge in [0.25, 0.3) is 0 Å². The first kappa shape index (κ1) is 34.2. The number of aryl methyl sites for hydroxylation is 2. The Kier molecular flexibility index (Phi) is 13.7. The van der Waals surface area contributed by atoms with E-state index in [0.29, 0.717) is 27.9 Å². The fourth-order valence-electron chi connectivity index (χ4n) is 3.14. The molecule has 1 N–H and O–H groups in total. The summed E-state index contributed by atoms with van der Waals surface area (Å²) in [6.07, 6.45) is 3.09. The number of nitriles is 2. The first-order valence-electron chi connectivity index (χ1n) is 11.3. The van der Waals surface area contributed by atoms with Crippen LogP contribution in [0.25, 0.3) is 20.4 Å². The van der Waals surface area contributed by atoms with Crippen LogP contribution in [-0.2, 0) is 0 Å². The van der Waals surface area contributed by atoms with E-state index >= 15 is 0 Å². The molecule has 0 amide bonds. The molecule has 0 unspecified atom stereocenters. The molecule has 0 fully saturated rings. The third-order valence-electron chi connectivity index (χ3n) is 4.98. The van der Waals surface area contributed by atoms with Crippen LogP contribution >= 0.6 is 34.3 Å². The van der Waals surface area contributed by atoms with Crippen LogP contribution in [-0.4, -0.2) is 25.0 Å². The molecule has 6 heterocycles. The molecule has 6 aromatic heterocycles. The van der Waals surface area contributed by atoms with Gasteiger partial charge in [0.2, 0.25) is 0 Å². The average molecular weight is 631 g/mol. The predicted molar refractivity (Wildman–Crippen MR) is 157 cm³/mol. The van der Waals surface area contributed by atoms with Gasteiger partial charge in [-0.15, -0.1) is 22.7 Å². The maximum Gasteiger partial charge on any atom is 1.00 e. The number of hydrogen-bond donors (Lipinski definition) is 1. The van der Waals surface area contributed by atoms with Gasteiger partial charge in [0.15, 0.2) is 0 Å². The molecule has 202 valence electrons. The van der Waals surface area contributed by atoms with E-state index in [1.807, 2.05) is 61.0 Å². The predicted octanol–water partition coefficient (Wildman–Crippen LogP) is 4.85. The van der Waals surface area contributed by atoms with Crippen molar-refractivity contribution in [1.29, 1.82) is 10.5 Å². The minimum atomic E-state index is 0. The Morgan fingerprint density at radius 3 is 1.93 bits per heavy atom. The summed E-state index contributed by atoms with van der Waals surface area (Å²) in [6, 6.07) is 18.1. The van der Waals surface area contributed by atoms with Crippen molar-refractivity contribution in [3.05, 3.63) is 99.5 Å². The second-order valence-corrected chi connectivity index (χ2v) is 10.1. The standard InChI is InChI=1S/C14H9N3OS.C8H3ClN2S.C6H7NO.FH.K.H/c1-9-2-3-11(8-16-9)18-13-6-10(7-15)17-12-4-5-19-14(12)13;9-6-3-5(4-10)11-7-1-2-12-8(6)7;1-5-2-3-6(8)4-7-5;;;/h2-6,8H,1H3;1-3H;2-4,8H,1H3;1H;;/q;;;;+1;-1. The summed E-state index contributed by atoms with van der Waals surface area (Å²) in [7, 11) is 0. The van der Waals surface area contributed by atoms with Gasteiger partial charge in [-0.3, -0.25) is 14.7 Å². The fraction of sp³-hybridized carbons (Fsp3) is 0.0714. The maximum atomic E-state index is 8.98. The quantitative estimate of drug-likeness (QED) is 0.269. The van der Waals surface area contributed by atoms with Gasteiger partial charge >= 0.3 is 51.4 Å². The van der Waals surface area contributed by atoms with Gasteiger partial charge in [-0.05, 0) is 67.1 Å². The van der Waals surface area contributed by atoms with Crippen LogP contribution in [0, 0.1) is 36.5 Å². The normalized spacial score (nSPS) is 9.49. The molecular weight excluding hydrogens is 610 g/mol. The van der Waals surface area contributed by atoms with Crippen LogP contribution < -0.4 is 56.1 Å². The van der Waals surface area contributed by atoms with Gasteiger partial charge < -0.3 is 11.3 Å². The Morgan fingerprint density at radius 1 is 0.829 bits per heavy atom. The van der Waals surface area contributed by atoms with E-state index in [2.05, 4.69) is 19.9 Å². The summed E-state index contributed by atoms with van der Waals surface area (Å²) in [4.78, 5) is 16.3. The third-order valence-corrected chi connectivity index (χ3v) is 7.24. The minimum absolute atomic E-state index is 0. The van der Waals surface area contributed by atoms with Crippen molar-refractivity contribution >= 4 is 54.7 Å². The van der Waals surface area contributed by atoms with Gasteiger partial charge in [0, 0.05) is 17.5 Å². The summed E-state index contributed by atoms with van der Waals surface area (Å²) in [5, 5.41) is 30.7. The van der Waals surface area contributed by atoms with Crippen LogP contribution in [0.15, 0.2) is 71.7 Å². The molecule has 0 aliphatic rings. The molecule has 0 saturated heterocycles. The smallest absolute Gasteiger partial charge is 1.00 e. The van der Waals surface area contributed by atoms with E-state index in [0.717, 1.165) is 31.8 Å². The molecule has 41 heavy (non-hydrogen) atoms. The van der Waals surface area contributed by atoms with Crippen molar-refractivity contribution in [2.24, 2.45) is 0 Å². The van der Waals surface area contributed by atoms with E-state index in [1.54, 1.807) is 30.5 Å². The molecule has 8 nitrogen and oxygen atoms in total. The van der Waals surface area contributed by atoms with Crippen LogP contribution in [0.4, 0.5) is 4.70 Å². The second kappa shape index (κ2) is 16.4. The number of hydrogen-bond acceptors (Lipinski definition) is 10. The summed E-state index contributed by atoms with van der Waals surface area (Å²) in [6.45, 7) is 3.79. The molecule has 0 radical (unpaired) electrons. The molecule has 0 aliphatic carbocycles. The van der Waals surface area contributed by atoms with Crippen LogP contribution in [0.3, 0.4) is 0 Å². The number of pyridine rings is 4. The SMILES string of the molecule is Cc1ccc(O)cn1.Cc1ccc(Oc2cc(C#N)nc3ccsc23)cn1.F.N#Cc1cc(Cl)c2sccc2n1.[H-].[K+]. The van der Waals surface area contributed by atoms with E-state index in [1.165, 1.54) is 28.9 Å². The van der Waals surface area contributed by atoms with E-state index in [4.69, 9.17) is 32.0 Å². The Hall–Kier alpha value is -3.04. The Labute approximate surface area is 292 Å². The van der Waals surface area contributed by atoms with Crippen molar-refractivity contribution in [2.45, 2.75) is 13.8 Å². The molecular formula is C28H21ClFKN6O2S2. The van der Waals surface area contributed by atoms with Gasteiger partial charge in [-0.1, -0.05) is 11.6 Å². The number of halogens is 2. The fourth-order valence-corrected chi connectivity index (χ4v) is 4.99. The molecule has 0 aromatic carbocycles. The molecule has 0 atom stereocenters. The van der Waals surface area contributed by atoms with Gasteiger partial charge in [0.05, 0.1) is 37.8 Å². The van der Waals surface area contributed by atoms with Crippen LogP contribution in [0.5, 0.6) is 17.2 Å². The number of nitrogens with zero attached hydrogens (tertiary/aromatic N) is 6. The molecule has 6 rings (SSSR count). The first-order valence-corrected chi connectivity index (χ1v) is 13.4. The van der Waals surface area contributed by atoms with Crippen molar-refractivity contribution in [3.8, 4) is 29.4 Å². The van der Waals surface area contributed by atoms with E-state index < -0.39 is 0 Å². The average Bonchev–Trinajstić information content (AvgIpc) is 3.62. The largest absolute Gasteiger partial charge is 1.00 e. The van der Waals surface area contributed by atoms with Gasteiger partial charge in [0.1, 0.15) is 40.8 Å². The zero-order valence-electron chi connectivity index (χ0n) is 23.1. The van der Waals surface area contributed by atoms with Gasteiger partial charge in [-0.25, -0.2) is 9.97 Å². The number of rotatable bonds is 2. The van der Waals surface area contributed by atoms with Crippen molar-refractivity contribution in [2.75, 3.05) is 0 Å². The van der Waals surface area contributed by atoms with Crippen LogP contribution in [0.1, 0.15) is 24.2 Å². The summed E-state index contributed by atoms with van der Waals surface area (Å²) >= 11 is 8.97. The first-order chi connectivity index (χ1) is 18.9. The molecule has 0 spiro atoms. The van der Waals surface area contributed by atoms with Crippen molar-refractivity contribution in [1.82, 2.24) is 19.9 Å². The molecule has 0 bridgehead atoms. The third kappa shape index (κ3) is 9.50. The zero-order valence-corrected chi connectivity index (χ0v) is 27.6. The van der Waals surface area contributed by atoms with Crippen LogP contribution in [0.2, 0.25) is 5.02 Å². The molecule has 13 heteroatoms. The Bertz CT molecular complexity index is 1800. The monoisotopic (exact) mass is 630 g/mol. The number of ether oxygens (including phenoxy) is 1. The summed E-state index contributed by atoms with van der Waals surface area (Å²) in [5.41, 5.74) is 4.14. The number of fused-ring (bicyclic) bond motifs is 2. The summed E-state index contributed by atoms with van der Waals surface area (Å²) < 4.78 is 7.67. The van der Waals surface area contributed by atoms with Crippen molar-refractivity contribution < 1.29 is 67.4 Å². The summed E-state index contributed by atoms with van der Waals surface area (Å²) in [5.74, 6) is 1.51. The Balaban J connectivity index is 0.000000332. The van der Waals surface area contributed by atoms with Gasteiger partial charge in [-0.2, -0.15) is 10.5 Å².